The molecular weight excluding hydrogens is 416 g/mol. The first-order valence-corrected chi connectivity index (χ1v) is 14.8. The zero-order valence-electron chi connectivity index (χ0n) is 23.0. The fraction of sp³-hybridized carbons (Fsp3) is 0.774. The van der Waals surface area contributed by atoms with E-state index >= 15 is 0 Å². The molecular formula is C31H57N2O+. The maximum Gasteiger partial charge on any atom is 0.194 e. The maximum atomic E-state index is 13.5. The van der Waals surface area contributed by atoms with Crippen molar-refractivity contribution in [1.29, 1.82) is 0 Å². The predicted molar refractivity (Wildman–Crippen MR) is 149 cm³/mol. The fourth-order valence-corrected chi connectivity index (χ4v) is 5.54. The topological polar surface area (TPSA) is 43.1 Å². The zero-order valence-corrected chi connectivity index (χ0v) is 23.0. The third-order valence-electron chi connectivity index (χ3n) is 7.83. The smallest absolute Gasteiger partial charge is 0.194 e. The van der Waals surface area contributed by atoms with Gasteiger partial charge in [0.25, 0.3) is 0 Å². The van der Waals surface area contributed by atoms with E-state index in [4.69, 9.17) is 5.73 Å². The SMILES string of the molecule is CCCCCCCCCCCCCCCCCC(=O)C(c1ccccc1)[N+](CC)(CC)CCN. The number of hydrogen-bond donors (Lipinski definition) is 1. The second-order valence-electron chi connectivity index (χ2n) is 10.3. The second-order valence-corrected chi connectivity index (χ2v) is 10.3. The summed E-state index contributed by atoms with van der Waals surface area (Å²) in [4.78, 5) is 13.5. The average molecular weight is 474 g/mol. The molecule has 1 unspecified atom stereocenters. The molecule has 1 rings (SSSR count). The minimum atomic E-state index is -0.0774. The van der Waals surface area contributed by atoms with Crippen LogP contribution in [-0.4, -0.2) is 36.4 Å². The van der Waals surface area contributed by atoms with E-state index < -0.39 is 0 Å². The lowest BCUT2D eigenvalue weighted by atomic mass is 9.94. The van der Waals surface area contributed by atoms with Crippen LogP contribution in [0.4, 0.5) is 0 Å². The number of rotatable bonds is 23. The number of benzene rings is 1. The predicted octanol–water partition coefficient (Wildman–Crippen LogP) is 8.37. The Bertz CT molecular complexity index is 597. The number of carbonyl (C=O) groups is 1. The van der Waals surface area contributed by atoms with Gasteiger partial charge in [-0.15, -0.1) is 0 Å². The van der Waals surface area contributed by atoms with Crippen molar-refractivity contribution < 1.29 is 9.28 Å². The van der Waals surface area contributed by atoms with Gasteiger partial charge in [0.05, 0.1) is 19.6 Å². The number of Topliss-reactive ketones (excluding diaryl/α,β-unsaturated/α-hetero) is 1. The van der Waals surface area contributed by atoms with Crippen molar-refractivity contribution in [3.05, 3.63) is 35.9 Å². The van der Waals surface area contributed by atoms with Crippen molar-refractivity contribution in [3.63, 3.8) is 0 Å². The van der Waals surface area contributed by atoms with E-state index in [1.54, 1.807) is 0 Å². The van der Waals surface area contributed by atoms with Crippen LogP contribution in [0.2, 0.25) is 0 Å². The van der Waals surface area contributed by atoms with Crippen LogP contribution < -0.4 is 5.73 Å². The summed E-state index contributed by atoms with van der Waals surface area (Å²) in [6, 6.07) is 10.3. The Morgan fingerprint density at radius 1 is 0.706 bits per heavy atom. The molecule has 0 aromatic heterocycles. The van der Waals surface area contributed by atoms with Gasteiger partial charge < -0.3 is 10.2 Å². The number of nitrogens with zero attached hydrogens (tertiary/aromatic N) is 1. The van der Waals surface area contributed by atoms with Crippen LogP contribution in [0.25, 0.3) is 0 Å². The van der Waals surface area contributed by atoms with Crippen molar-refractivity contribution in [2.45, 2.75) is 130 Å². The monoisotopic (exact) mass is 473 g/mol. The van der Waals surface area contributed by atoms with E-state index in [1.165, 1.54) is 89.9 Å². The van der Waals surface area contributed by atoms with E-state index in [0.29, 0.717) is 18.7 Å². The summed E-state index contributed by atoms with van der Waals surface area (Å²) < 4.78 is 0.776. The van der Waals surface area contributed by atoms with Crippen molar-refractivity contribution in [3.8, 4) is 0 Å². The van der Waals surface area contributed by atoms with Gasteiger partial charge in [0.2, 0.25) is 0 Å². The van der Waals surface area contributed by atoms with Gasteiger partial charge in [-0.3, -0.25) is 4.79 Å². The number of quaternary nitrogens is 1. The first kappa shape index (κ1) is 30.8. The molecule has 2 N–H and O–H groups in total. The van der Waals surface area contributed by atoms with Crippen LogP contribution in [-0.2, 0) is 4.79 Å². The van der Waals surface area contributed by atoms with Gasteiger partial charge in [0.15, 0.2) is 11.8 Å². The third-order valence-corrected chi connectivity index (χ3v) is 7.83. The number of ketones is 1. The van der Waals surface area contributed by atoms with E-state index in [2.05, 4.69) is 45.0 Å². The van der Waals surface area contributed by atoms with E-state index in [-0.39, 0.29) is 6.04 Å². The summed E-state index contributed by atoms with van der Waals surface area (Å²) >= 11 is 0. The molecule has 0 aliphatic heterocycles. The van der Waals surface area contributed by atoms with Gasteiger partial charge in [-0.05, 0) is 20.3 Å². The van der Waals surface area contributed by atoms with Crippen molar-refractivity contribution >= 4 is 5.78 Å². The molecule has 34 heavy (non-hydrogen) atoms. The van der Waals surface area contributed by atoms with Crippen molar-refractivity contribution in [1.82, 2.24) is 0 Å². The molecule has 0 bridgehead atoms. The molecule has 0 aliphatic carbocycles. The molecule has 1 aromatic rings. The highest BCUT2D eigenvalue weighted by atomic mass is 16.1. The molecule has 0 radical (unpaired) electrons. The summed E-state index contributed by atoms with van der Waals surface area (Å²) in [7, 11) is 0. The molecule has 196 valence electrons. The van der Waals surface area contributed by atoms with Crippen LogP contribution in [0.3, 0.4) is 0 Å². The molecule has 3 nitrogen and oxygen atoms in total. The summed E-state index contributed by atoms with van der Waals surface area (Å²) in [6.07, 6.45) is 21.0. The molecule has 0 amide bonds. The molecule has 0 fully saturated rings. The Morgan fingerprint density at radius 3 is 1.56 bits per heavy atom. The first-order chi connectivity index (χ1) is 16.6. The van der Waals surface area contributed by atoms with E-state index in [1.807, 2.05) is 6.07 Å². The van der Waals surface area contributed by atoms with Crippen LogP contribution in [0.1, 0.15) is 135 Å². The Balaban J connectivity index is 2.27. The highest BCUT2D eigenvalue weighted by Gasteiger charge is 2.39. The number of likely N-dealkylation sites (N-methyl/N-ethyl adjacent to an activating group) is 1. The Labute approximate surface area is 212 Å². The molecule has 0 heterocycles. The van der Waals surface area contributed by atoms with Crippen LogP contribution >= 0.6 is 0 Å². The Morgan fingerprint density at radius 2 is 1.15 bits per heavy atom. The van der Waals surface area contributed by atoms with Crippen LogP contribution in [0.15, 0.2) is 30.3 Å². The van der Waals surface area contributed by atoms with Gasteiger partial charge in [0.1, 0.15) is 0 Å². The minimum Gasteiger partial charge on any atom is -0.326 e. The third kappa shape index (κ3) is 12.0. The Kier molecular flexibility index (Phi) is 18.2. The highest BCUT2D eigenvalue weighted by molar-refractivity contribution is 5.84. The van der Waals surface area contributed by atoms with Crippen LogP contribution in [0.5, 0.6) is 0 Å². The first-order valence-electron chi connectivity index (χ1n) is 14.8. The lowest BCUT2D eigenvalue weighted by Gasteiger charge is -2.43. The van der Waals surface area contributed by atoms with Crippen LogP contribution in [0, 0.1) is 0 Å². The molecule has 0 spiro atoms. The maximum absolute atomic E-state index is 13.5. The lowest BCUT2D eigenvalue weighted by Crippen LogP contribution is -2.55. The highest BCUT2D eigenvalue weighted by Crippen LogP contribution is 2.31. The molecule has 3 heteroatoms. The van der Waals surface area contributed by atoms with Crippen molar-refractivity contribution in [2.75, 3.05) is 26.2 Å². The molecule has 0 aliphatic rings. The van der Waals surface area contributed by atoms with Crippen molar-refractivity contribution in [2.24, 2.45) is 5.73 Å². The fourth-order valence-electron chi connectivity index (χ4n) is 5.54. The number of hydrogen-bond acceptors (Lipinski definition) is 2. The quantitative estimate of drug-likeness (QED) is 0.128. The number of unbranched alkanes of at least 4 members (excludes halogenated alkanes) is 14. The lowest BCUT2D eigenvalue weighted by molar-refractivity contribution is -0.943. The average Bonchev–Trinajstić information content (AvgIpc) is 2.86. The molecule has 1 aromatic carbocycles. The van der Waals surface area contributed by atoms with Gasteiger partial charge in [0, 0.05) is 18.5 Å². The Hall–Kier alpha value is -1.19. The molecule has 0 saturated heterocycles. The number of nitrogens with two attached hydrogens (primary N) is 1. The normalized spacial score (nSPS) is 12.7. The second kappa shape index (κ2) is 20.0. The van der Waals surface area contributed by atoms with Gasteiger partial charge in [-0.2, -0.15) is 0 Å². The van der Waals surface area contributed by atoms with Gasteiger partial charge in [-0.1, -0.05) is 127 Å². The summed E-state index contributed by atoms with van der Waals surface area (Å²) in [6.45, 7) is 10.1. The summed E-state index contributed by atoms with van der Waals surface area (Å²) in [5.41, 5.74) is 7.15. The van der Waals surface area contributed by atoms with E-state index in [0.717, 1.165) is 36.1 Å². The minimum absolute atomic E-state index is 0.0774. The summed E-state index contributed by atoms with van der Waals surface area (Å²) in [5, 5.41) is 0. The summed E-state index contributed by atoms with van der Waals surface area (Å²) in [5.74, 6) is 0.401. The van der Waals surface area contributed by atoms with Gasteiger partial charge in [-0.25, -0.2) is 0 Å². The molecule has 0 saturated carbocycles. The number of carbonyl (C=O) groups excluding carboxylic acids is 1. The standard InChI is InChI=1S/C31H57N2O/c1-4-7-8-9-10-11-12-13-14-15-16-17-18-19-23-26-30(34)31(29-24-21-20-22-25-29)33(5-2,6-3)28-27-32/h20-22,24-25,31H,4-19,23,26-28,32H2,1-3H3/q+1. The van der Waals surface area contributed by atoms with E-state index in [9.17, 15) is 4.79 Å². The molecule has 1 atom stereocenters. The zero-order chi connectivity index (χ0) is 24.9. The largest absolute Gasteiger partial charge is 0.326 e. The van der Waals surface area contributed by atoms with Gasteiger partial charge >= 0.3 is 0 Å².